The Bertz CT molecular complexity index is 92.7. The maximum absolute atomic E-state index is 5.61. The lowest BCUT2D eigenvalue weighted by atomic mass is 10.1. The molecule has 0 heterocycles. The van der Waals surface area contributed by atoms with Gasteiger partial charge in [-0.15, -0.1) is 0 Å². The molecule has 0 aliphatic carbocycles. The summed E-state index contributed by atoms with van der Waals surface area (Å²) < 4.78 is 0. The van der Waals surface area contributed by atoms with Crippen molar-refractivity contribution >= 4 is 0 Å². The van der Waals surface area contributed by atoms with E-state index in [0.717, 1.165) is 6.42 Å². The van der Waals surface area contributed by atoms with Crippen molar-refractivity contribution < 1.29 is 0 Å². The van der Waals surface area contributed by atoms with Crippen molar-refractivity contribution in [3.8, 4) is 0 Å². The lowest BCUT2D eigenvalue weighted by Gasteiger charge is -2.03. The highest BCUT2D eigenvalue weighted by molar-refractivity contribution is 5.04. The molecule has 0 fully saturated rings. The van der Waals surface area contributed by atoms with Gasteiger partial charge in [0.05, 0.1) is 0 Å². The zero-order valence-electron chi connectivity index (χ0n) is 6.65. The SMILES string of the molecule is CCCC=C(C)C(C)N. The first-order chi connectivity index (χ1) is 4.18. The molecule has 0 spiro atoms. The molecule has 0 bridgehead atoms. The lowest BCUT2D eigenvalue weighted by molar-refractivity contribution is 0.838. The van der Waals surface area contributed by atoms with Crippen LogP contribution in [0.3, 0.4) is 0 Å². The summed E-state index contributed by atoms with van der Waals surface area (Å²) in [5.74, 6) is 0. The average Bonchev–Trinajstić information content (AvgIpc) is 1.82. The van der Waals surface area contributed by atoms with E-state index in [0.29, 0.717) is 0 Å². The number of hydrogen-bond donors (Lipinski definition) is 1. The number of unbranched alkanes of at least 4 members (excludes halogenated alkanes) is 1. The van der Waals surface area contributed by atoms with E-state index in [9.17, 15) is 0 Å². The highest BCUT2D eigenvalue weighted by Gasteiger charge is 1.92. The lowest BCUT2D eigenvalue weighted by Crippen LogP contribution is -2.15. The molecule has 1 unspecified atom stereocenters. The summed E-state index contributed by atoms with van der Waals surface area (Å²) in [6, 6.07) is 0.233. The van der Waals surface area contributed by atoms with Crippen molar-refractivity contribution in [1.29, 1.82) is 0 Å². The summed E-state index contributed by atoms with van der Waals surface area (Å²) in [5.41, 5.74) is 6.91. The summed E-state index contributed by atoms with van der Waals surface area (Å²) in [6.45, 7) is 6.27. The molecule has 1 nitrogen and oxygen atoms in total. The van der Waals surface area contributed by atoms with Gasteiger partial charge < -0.3 is 5.73 Å². The van der Waals surface area contributed by atoms with Crippen LogP contribution in [0.15, 0.2) is 11.6 Å². The topological polar surface area (TPSA) is 26.0 Å². The van der Waals surface area contributed by atoms with Crippen LogP contribution in [0.25, 0.3) is 0 Å². The van der Waals surface area contributed by atoms with Gasteiger partial charge in [0, 0.05) is 6.04 Å². The van der Waals surface area contributed by atoms with Gasteiger partial charge >= 0.3 is 0 Å². The molecule has 0 aliphatic rings. The minimum Gasteiger partial charge on any atom is -0.324 e. The van der Waals surface area contributed by atoms with Gasteiger partial charge in [0.2, 0.25) is 0 Å². The minimum atomic E-state index is 0.233. The molecule has 54 valence electrons. The van der Waals surface area contributed by atoms with E-state index < -0.39 is 0 Å². The summed E-state index contributed by atoms with van der Waals surface area (Å²) in [5, 5.41) is 0. The summed E-state index contributed by atoms with van der Waals surface area (Å²) in [4.78, 5) is 0. The van der Waals surface area contributed by atoms with Gasteiger partial charge in [0.25, 0.3) is 0 Å². The molecule has 0 aromatic carbocycles. The van der Waals surface area contributed by atoms with Crippen LogP contribution in [0.1, 0.15) is 33.6 Å². The van der Waals surface area contributed by atoms with E-state index in [4.69, 9.17) is 5.73 Å². The Morgan fingerprint density at radius 1 is 1.67 bits per heavy atom. The molecular weight excluding hydrogens is 110 g/mol. The van der Waals surface area contributed by atoms with Gasteiger partial charge in [-0.1, -0.05) is 25.0 Å². The summed E-state index contributed by atoms with van der Waals surface area (Å²) in [6.07, 6.45) is 4.59. The molecule has 0 amide bonds. The zero-order chi connectivity index (χ0) is 7.28. The van der Waals surface area contributed by atoms with Crippen LogP contribution < -0.4 is 5.73 Å². The Hall–Kier alpha value is -0.300. The van der Waals surface area contributed by atoms with Crippen molar-refractivity contribution in [3.05, 3.63) is 11.6 Å². The molecule has 0 saturated carbocycles. The quantitative estimate of drug-likeness (QED) is 0.577. The van der Waals surface area contributed by atoms with Crippen molar-refractivity contribution in [3.63, 3.8) is 0 Å². The predicted octanol–water partition coefficient (Wildman–Crippen LogP) is 2.08. The maximum atomic E-state index is 5.61. The molecule has 0 saturated heterocycles. The van der Waals surface area contributed by atoms with E-state index >= 15 is 0 Å². The number of hydrogen-bond acceptors (Lipinski definition) is 1. The van der Waals surface area contributed by atoms with E-state index in [-0.39, 0.29) is 6.04 Å². The molecule has 0 aromatic heterocycles. The molecule has 0 rings (SSSR count). The molecule has 1 heteroatoms. The minimum absolute atomic E-state index is 0.233. The van der Waals surface area contributed by atoms with Crippen LogP contribution in [0.4, 0.5) is 0 Å². The van der Waals surface area contributed by atoms with Gasteiger partial charge in [0.15, 0.2) is 0 Å². The second kappa shape index (κ2) is 4.57. The molecular formula is C8H17N. The fourth-order valence-electron chi connectivity index (χ4n) is 0.558. The van der Waals surface area contributed by atoms with Gasteiger partial charge in [-0.25, -0.2) is 0 Å². The number of rotatable bonds is 3. The van der Waals surface area contributed by atoms with E-state index in [1.165, 1.54) is 12.0 Å². The molecule has 1 atom stereocenters. The predicted molar refractivity (Wildman–Crippen MR) is 42.3 cm³/mol. The molecule has 0 radical (unpaired) electrons. The maximum Gasteiger partial charge on any atom is 0.0222 e. The highest BCUT2D eigenvalue weighted by Crippen LogP contribution is 2.00. The van der Waals surface area contributed by atoms with Crippen molar-refractivity contribution in [2.45, 2.75) is 39.7 Å². The first kappa shape index (κ1) is 8.70. The number of nitrogens with two attached hydrogens (primary N) is 1. The third-order valence-corrected chi connectivity index (χ3v) is 1.47. The fourth-order valence-corrected chi connectivity index (χ4v) is 0.558. The van der Waals surface area contributed by atoms with Crippen molar-refractivity contribution in [2.24, 2.45) is 5.73 Å². The molecule has 2 N–H and O–H groups in total. The van der Waals surface area contributed by atoms with Gasteiger partial charge in [-0.05, 0) is 20.3 Å². The first-order valence-electron chi connectivity index (χ1n) is 3.60. The van der Waals surface area contributed by atoms with Gasteiger partial charge in [-0.2, -0.15) is 0 Å². The first-order valence-corrected chi connectivity index (χ1v) is 3.60. The number of allylic oxidation sites excluding steroid dienone is 1. The normalized spacial score (nSPS) is 15.8. The Labute approximate surface area is 57.9 Å². The van der Waals surface area contributed by atoms with Crippen LogP contribution in [-0.2, 0) is 0 Å². The second-order valence-corrected chi connectivity index (χ2v) is 2.53. The smallest absolute Gasteiger partial charge is 0.0222 e. The Morgan fingerprint density at radius 3 is 2.56 bits per heavy atom. The molecule has 0 aliphatic heterocycles. The van der Waals surface area contributed by atoms with Crippen LogP contribution in [0.5, 0.6) is 0 Å². The average molecular weight is 127 g/mol. The molecule has 9 heavy (non-hydrogen) atoms. The Balaban J connectivity index is 3.55. The van der Waals surface area contributed by atoms with Crippen molar-refractivity contribution in [1.82, 2.24) is 0 Å². The second-order valence-electron chi connectivity index (χ2n) is 2.53. The third-order valence-electron chi connectivity index (χ3n) is 1.47. The van der Waals surface area contributed by atoms with Crippen LogP contribution in [0, 0.1) is 0 Å². The van der Waals surface area contributed by atoms with Crippen LogP contribution >= 0.6 is 0 Å². The van der Waals surface area contributed by atoms with E-state index in [1.54, 1.807) is 0 Å². The third kappa shape index (κ3) is 4.22. The van der Waals surface area contributed by atoms with Gasteiger partial charge in [0.1, 0.15) is 0 Å². The molecule has 0 aromatic rings. The van der Waals surface area contributed by atoms with E-state index in [2.05, 4.69) is 19.9 Å². The largest absolute Gasteiger partial charge is 0.324 e. The standard InChI is InChI=1S/C8H17N/c1-4-5-6-7(2)8(3)9/h6,8H,4-5,9H2,1-3H3. The van der Waals surface area contributed by atoms with Crippen LogP contribution in [-0.4, -0.2) is 6.04 Å². The summed E-state index contributed by atoms with van der Waals surface area (Å²) in [7, 11) is 0. The Morgan fingerprint density at radius 2 is 2.22 bits per heavy atom. The van der Waals surface area contributed by atoms with Crippen molar-refractivity contribution in [2.75, 3.05) is 0 Å². The Kier molecular flexibility index (Phi) is 4.41. The van der Waals surface area contributed by atoms with Gasteiger partial charge in [-0.3, -0.25) is 0 Å². The highest BCUT2D eigenvalue weighted by atomic mass is 14.6. The monoisotopic (exact) mass is 127 g/mol. The summed E-state index contributed by atoms with van der Waals surface area (Å²) >= 11 is 0. The zero-order valence-corrected chi connectivity index (χ0v) is 6.65. The van der Waals surface area contributed by atoms with Crippen LogP contribution in [0.2, 0.25) is 0 Å². The fraction of sp³-hybridized carbons (Fsp3) is 0.750. The van der Waals surface area contributed by atoms with E-state index in [1.807, 2.05) is 6.92 Å².